The van der Waals surface area contributed by atoms with E-state index in [0.29, 0.717) is 23.6 Å². The highest BCUT2D eigenvalue weighted by Gasteiger charge is 2.39. The van der Waals surface area contributed by atoms with E-state index in [1.165, 1.54) is 4.31 Å². The largest absolute Gasteiger partial charge is 0.489 e. The quantitative estimate of drug-likeness (QED) is 0.597. The molecule has 1 aliphatic heterocycles. The molecule has 0 saturated carbocycles. The van der Waals surface area contributed by atoms with Crippen LogP contribution in [0.25, 0.3) is 0 Å². The summed E-state index contributed by atoms with van der Waals surface area (Å²) in [5.74, 6) is -0.126. The van der Waals surface area contributed by atoms with Gasteiger partial charge in [0.25, 0.3) is 0 Å². The predicted octanol–water partition coefficient (Wildman–Crippen LogP) is 3.01. The highest BCUT2D eigenvalue weighted by Crippen LogP contribution is 2.31. The number of aliphatic hydroxyl groups excluding tert-OH is 1. The van der Waals surface area contributed by atoms with Crippen LogP contribution < -0.4 is 10.1 Å². The van der Waals surface area contributed by atoms with Gasteiger partial charge in [0.1, 0.15) is 29.5 Å². The van der Waals surface area contributed by atoms with E-state index >= 15 is 0 Å². The van der Waals surface area contributed by atoms with E-state index in [1.807, 2.05) is 6.92 Å². The minimum atomic E-state index is -3.79. The summed E-state index contributed by atoms with van der Waals surface area (Å²) in [5.41, 5.74) is 0.949. The van der Waals surface area contributed by atoms with E-state index in [-0.39, 0.29) is 29.6 Å². The fraction of sp³-hybridized carbons (Fsp3) is 0.381. The molecule has 0 aromatic heterocycles. The van der Waals surface area contributed by atoms with E-state index in [1.54, 1.807) is 42.5 Å². The van der Waals surface area contributed by atoms with Gasteiger partial charge in [-0.3, -0.25) is 4.79 Å². The third-order valence-corrected chi connectivity index (χ3v) is 7.72. The molecule has 0 aliphatic carbocycles. The number of nitrogens with zero attached hydrogens (tertiary/aromatic N) is 1. The Balaban J connectivity index is 1.56. The molecular weight excluding hydrogens is 463 g/mol. The van der Waals surface area contributed by atoms with Crippen LogP contribution in [0.3, 0.4) is 0 Å². The second-order valence-corrected chi connectivity index (χ2v) is 10.0. The Morgan fingerprint density at radius 3 is 2.68 bits per heavy atom. The number of carbonyl (C=O) groups is 1. The van der Waals surface area contributed by atoms with E-state index in [2.05, 4.69) is 5.32 Å². The Morgan fingerprint density at radius 1 is 1.26 bits per heavy atom. The summed E-state index contributed by atoms with van der Waals surface area (Å²) in [6.07, 6.45) is -0.00780. The lowest BCUT2D eigenvalue weighted by Gasteiger charge is -2.24. The Kier molecular flexibility index (Phi) is 7.82. The summed E-state index contributed by atoms with van der Waals surface area (Å²) in [6.45, 7) is 1.94. The van der Waals surface area contributed by atoms with Gasteiger partial charge in [0, 0.05) is 13.1 Å². The average molecular weight is 487 g/mol. The number of aryl methyl sites for hydroxylation is 1. The van der Waals surface area contributed by atoms with Gasteiger partial charge in [-0.25, -0.2) is 8.42 Å². The molecule has 1 aliphatic rings. The molecule has 0 spiro atoms. The molecule has 1 heterocycles. The molecule has 1 unspecified atom stereocenters. The van der Waals surface area contributed by atoms with Crippen LogP contribution in [0.1, 0.15) is 18.4 Å². The fourth-order valence-corrected chi connectivity index (χ4v) is 5.31. The molecule has 1 fully saturated rings. The number of halogens is 2. The summed E-state index contributed by atoms with van der Waals surface area (Å²) in [6, 6.07) is 10.6. The maximum absolute atomic E-state index is 13.0. The molecule has 7 nitrogen and oxygen atoms in total. The summed E-state index contributed by atoms with van der Waals surface area (Å²) < 4.78 is 32.6. The van der Waals surface area contributed by atoms with E-state index < -0.39 is 28.1 Å². The molecule has 10 heteroatoms. The number of hydrogen-bond donors (Lipinski definition) is 2. The third-order valence-electron chi connectivity index (χ3n) is 4.99. The van der Waals surface area contributed by atoms with Crippen LogP contribution in [0.15, 0.2) is 47.4 Å². The second kappa shape index (κ2) is 10.2. The van der Waals surface area contributed by atoms with Gasteiger partial charge < -0.3 is 15.2 Å². The van der Waals surface area contributed by atoms with Crippen molar-refractivity contribution in [2.75, 3.05) is 19.7 Å². The van der Waals surface area contributed by atoms with Gasteiger partial charge in [0.2, 0.25) is 15.9 Å². The number of nitrogens with one attached hydrogen (secondary N) is 1. The summed E-state index contributed by atoms with van der Waals surface area (Å²) in [7, 11) is -3.79. The molecule has 2 aromatic carbocycles. The minimum absolute atomic E-state index is 0.0913. The smallest absolute Gasteiger partial charge is 0.243 e. The van der Waals surface area contributed by atoms with E-state index in [4.69, 9.17) is 27.9 Å². The monoisotopic (exact) mass is 486 g/mol. The maximum atomic E-state index is 13.0. The van der Waals surface area contributed by atoms with Gasteiger partial charge in [0.15, 0.2) is 0 Å². The normalized spacial score (nSPS) is 18.0. The molecule has 2 atom stereocenters. The first-order valence-corrected chi connectivity index (χ1v) is 12.0. The molecule has 1 amide bonds. The zero-order chi connectivity index (χ0) is 22.6. The Morgan fingerprint density at radius 2 is 1.97 bits per heavy atom. The standard InChI is InChI=1S/C21H24Cl2N2O5S/c1-14-7-9-16(10-8-14)31(28,29)25-11-3-5-18(25)21(27)24-12-15(26)13-30-19-6-2-4-17(22)20(19)23/h2,4,6-10,15,18,26H,3,5,11-13H2,1H3,(H,24,27)/t15?,18-/m0/s1. The zero-order valence-electron chi connectivity index (χ0n) is 16.9. The molecule has 0 radical (unpaired) electrons. The number of sulfonamides is 1. The van der Waals surface area contributed by atoms with Crippen LogP contribution >= 0.6 is 23.2 Å². The molecule has 31 heavy (non-hydrogen) atoms. The van der Waals surface area contributed by atoms with Crippen LogP contribution in [0, 0.1) is 6.92 Å². The molecule has 168 valence electrons. The molecule has 0 bridgehead atoms. The van der Waals surface area contributed by atoms with Crippen molar-refractivity contribution in [3.63, 3.8) is 0 Å². The van der Waals surface area contributed by atoms with Gasteiger partial charge in [-0.1, -0.05) is 47.0 Å². The third kappa shape index (κ3) is 5.70. The zero-order valence-corrected chi connectivity index (χ0v) is 19.3. The van der Waals surface area contributed by atoms with Crippen molar-refractivity contribution >= 4 is 39.1 Å². The number of amides is 1. The van der Waals surface area contributed by atoms with Crippen molar-refractivity contribution in [1.29, 1.82) is 0 Å². The number of benzene rings is 2. The van der Waals surface area contributed by atoms with Gasteiger partial charge >= 0.3 is 0 Å². The number of hydrogen-bond acceptors (Lipinski definition) is 5. The minimum Gasteiger partial charge on any atom is -0.489 e. The fourth-order valence-electron chi connectivity index (χ4n) is 3.31. The topological polar surface area (TPSA) is 95.9 Å². The first-order valence-electron chi connectivity index (χ1n) is 9.81. The number of carbonyl (C=O) groups excluding carboxylic acids is 1. The Hall–Kier alpha value is -1.84. The van der Waals surface area contributed by atoms with Crippen LogP contribution in [0.5, 0.6) is 5.75 Å². The van der Waals surface area contributed by atoms with Crippen LogP contribution in [0.4, 0.5) is 0 Å². The molecular formula is C21H24Cl2N2O5S. The molecule has 2 aromatic rings. The maximum Gasteiger partial charge on any atom is 0.243 e. The highest BCUT2D eigenvalue weighted by molar-refractivity contribution is 7.89. The predicted molar refractivity (Wildman–Crippen MR) is 119 cm³/mol. The number of ether oxygens (including phenoxy) is 1. The highest BCUT2D eigenvalue weighted by atomic mass is 35.5. The van der Waals surface area contributed by atoms with Crippen LogP contribution in [0.2, 0.25) is 10.0 Å². The van der Waals surface area contributed by atoms with E-state index in [9.17, 15) is 18.3 Å². The van der Waals surface area contributed by atoms with Crippen LogP contribution in [-0.2, 0) is 14.8 Å². The first kappa shape index (κ1) is 23.8. The van der Waals surface area contributed by atoms with Crippen molar-refractivity contribution in [3.05, 3.63) is 58.1 Å². The number of aliphatic hydroxyl groups is 1. The van der Waals surface area contributed by atoms with Crippen molar-refractivity contribution in [2.24, 2.45) is 0 Å². The lowest BCUT2D eigenvalue weighted by molar-refractivity contribution is -0.124. The summed E-state index contributed by atoms with van der Waals surface area (Å²) in [5, 5.41) is 13.3. The van der Waals surface area contributed by atoms with Crippen molar-refractivity contribution < 1.29 is 23.1 Å². The lowest BCUT2D eigenvalue weighted by atomic mass is 10.2. The average Bonchev–Trinajstić information content (AvgIpc) is 3.24. The van der Waals surface area contributed by atoms with Gasteiger partial charge in [-0.2, -0.15) is 4.31 Å². The van der Waals surface area contributed by atoms with E-state index in [0.717, 1.165) is 5.56 Å². The molecule has 1 saturated heterocycles. The summed E-state index contributed by atoms with van der Waals surface area (Å²) >= 11 is 12.0. The van der Waals surface area contributed by atoms with Gasteiger partial charge in [0.05, 0.1) is 9.92 Å². The van der Waals surface area contributed by atoms with Gasteiger partial charge in [-0.05, 0) is 44.0 Å². The second-order valence-electron chi connectivity index (χ2n) is 7.35. The van der Waals surface area contributed by atoms with Crippen molar-refractivity contribution in [1.82, 2.24) is 9.62 Å². The number of rotatable bonds is 8. The Bertz CT molecular complexity index is 1030. The summed E-state index contributed by atoms with van der Waals surface area (Å²) in [4.78, 5) is 12.8. The first-order chi connectivity index (χ1) is 14.7. The Labute approximate surface area is 192 Å². The van der Waals surface area contributed by atoms with Crippen molar-refractivity contribution in [2.45, 2.75) is 36.8 Å². The SMILES string of the molecule is Cc1ccc(S(=O)(=O)N2CCC[C@H]2C(=O)NCC(O)COc2cccc(Cl)c2Cl)cc1. The lowest BCUT2D eigenvalue weighted by Crippen LogP contribution is -2.48. The van der Waals surface area contributed by atoms with Crippen LogP contribution in [-0.4, -0.2) is 55.6 Å². The molecule has 2 N–H and O–H groups in total. The molecule has 3 rings (SSSR count). The van der Waals surface area contributed by atoms with Gasteiger partial charge in [-0.15, -0.1) is 0 Å². The van der Waals surface area contributed by atoms with Crippen molar-refractivity contribution in [3.8, 4) is 5.75 Å².